The Morgan fingerprint density at radius 1 is 1.33 bits per heavy atom. The zero-order chi connectivity index (χ0) is 15.2. The summed E-state index contributed by atoms with van der Waals surface area (Å²) in [5.74, 6) is -0.477. The van der Waals surface area contributed by atoms with E-state index in [1.54, 1.807) is 18.2 Å². The second-order valence-electron chi connectivity index (χ2n) is 4.17. The number of benzene rings is 1. The quantitative estimate of drug-likeness (QED) is 0.836. The van der Waals surface area contributed by atoms with Crippen molar-refractivity contribution < 1.29 is 18.3 Å². The van der Waals surface area contributed by atoms with Crippen molar-refractivity contribution in [1.82, 2.24) is 0 Å². The molecule has 0 aliphatic carbocycles. The van der Waals surface area contributed by atoms with Crippen LogP contribution in [0.2, 0.25) is 0 Å². The Labute approximate surface area is 124 Å². The Bertz CT molecular complexity index is 653. The molecule has 0 radical (unpaired) electrons. The van der Waals surface area contributed by atoms with Crippen molar-refractivity contribution in [3.63, 3.8) is 0 Å². The predicted molar refractivity (Wildman–Crippen MR) is 79.8 cm³/mol. The highest BCUT2D eigenvalue weighted by Gasteiger charge is 2.10. The fourth-order valence-electron chi connectivity index (χ4n) is 1.65. The number of amides is 1. The number of anilines is 1. The zero-order valence-electron chi connectivity index (χ0n) is 11.2. The van der Waals surface area contributed by atoms with Crippen LogP contribution in [0.4, 0.5) is 14.5 Å². The van der Waals surface area contributed by atoms with E-state index >= 15 is 0 Å². The number of carbonyl (C=O) groups is 1. The Morgan fingerprint density at radius 2 is 2.10 bits per heavy atom. The summed E-state index contributed by atoms with van der Waals surface area (Å²) in [7, 11) is 0. The lowest BCUT2D eigenvalue weighted by Gasteiger charge is -2.10. The van der Waals surface area contributed by atoms with Crippen LogP contribution in [0, 0.1) is 6.92 Å². The van der Waals surface area contributed by atoms with Crippen LogP contribution < -0.4 is 10.1 Å². The van der Waals surface area contributed by atoms with Crippen molar-refractivity contribution in [2.75, 3.05) is 5.32 Å². The molecule has 1 N–H and O–H groups in total. The van der Waals surface area contributed by atoms with E-state index in [0.29, 0.717) is 0 Å². The van der Waals surface area contributed by atoms with Gasteiger partial charge in [0.25, 0.3) is 0 Å². The molecule has 1 amide bonds. The summed E-state index contributed by atoms with van der Waals surface area (Å²) < 4.78 is 28.9. The molecule has 3 nitrogen and oxygen atoms in total. The zero-order valence-corrected chi connectivity index (χ0v) is 12.0. The number of para-hydroxylation sites is 2. The number of halogens is 2. The molecule has 0 spiro atoms. The number of aryl methyl sites for hydroxylation is 1. The SMILES string of the molecule is Cc1ccsc1/C=C/C(=O)Nc1ccccc1OC(F)F. The topological polar surface area (TPSA) is 38.3 Å². The van der Waals surface area contributed by atoms with Crippen LogP contribution in [0.25, 0.3) is 6.08 Å². The molecule has 0 unspecified atom stereocenters. The lowest BCUT2D eigenvalue weighted by Crippen LogP contribution is -2.11. The lowest BCUT2D eigenvalue weighted by atomic mass is 10.2. The molecule has 2 rings (SSSR count). The van der Waals surface area contributed by atoms with Gasteiger partial charge in [0.05, 0.1) is 5.69 Å². The summed E-state index contributed by atoms with van der Waals surface area (Å²) in [6.45, 7) is -0.993. The van der Waals surface area contributed by atoms with Gasteiger partial charge in [-0.3, -0.25) is 4.79 Å². The molecule has 0 aliphatic heterocycles. The van der Waals surface area contributed by atoms with Crippen LogP contribution in [-0.2, 0) is 4.79 Å². The molecule has 0 saturated heterocycles. The van der Waals surface area contributed by atoms with E-state index in [9.17, 15) is 13.6 Å². The summed E-state index contributed by atoms with van der Waals surface area (Å²) in [6, 6.07) is 8.00. The third kappa shape index (κ3) is 4.39. The van der Waals surface area contributed by atoms with E-state index in [0.717, 1.165) is 10.4 Å². The van der Waals surface area contributed by atoms with Crippen molar-refractivity contribution in [3.05, 3.63) is 52.2 Å². The number of carbonyl (C=O) groups excluding carboxylic acids is 1. The van der Waals surface area contributed by atoms with Gasteiger partial charge in [-0.25, -0.2) is 0 Å². The van der Waals surface area contributed by atoms with E-state index in [1.165, 1.54) is 29.5 Å². The molecule has 1 aromatic carbocycles. The summed E-state index contributed by atoms with van der Waals surface area (Å²) in [6.07, 6.45) is 3.05. The van der Waals surface area contributed by atoms with Gasteiger partial charge in [-0.15, -0.1) is 11.3 Å². The Balaban J connectivity index is 2.06. The molecular formula is C15H13F2NO2S. The van der Waals surface area contributed by atoms with E-state index in [4.69, 9.17) is 0 Å². The van der Waals surface area contributed by atoms with E-state index < -0.39 is 12.5 Å². The van der Waals surface area contributed by atoms with Crippen LogP contribution in [0.1, 0.15) is 10.4 Å². The molecule has 2 aromatic rings. The van der Waals surface area contributed by atoms with Crippen molar-refractivity contribution in [3.8, 4) is 5.75 Å². The van der Waals surface area contributed by atoms with E-state index in [2.05, 4.69) is 10.1 Å². The molecule has 0 aliphatic rings. The molecule has 6 heteroatoms. The van der Waals surface area contributed by atoms with Gasteiger partial charge in [0.2, 0.25) is 5.91 Å². The molecule has 110 valence electrons. The van der Waals surface area contributed by atoms with E-state index in [1.807, 2.05) is 18.4 Å². The molecule has 1 heterocycles. The number of nitrogens with one attached hydrogen (secondary N) is 1. The van der Waals surface area contributed by atoms with Gasteiger partial charge in [0, 0.05) is 11.0 Å². The maximum absolute atomic E-state index is 12.3. The highest BCUT2D eigenvalue weighted by Crippen LogP contribution is 2.25. The third-order valence-corrected chi connectivity index (χ3v) is 3.63. The standard InChI is InChI=1S/C15H13F2NO2S/c1-10-8-9-21-13(10)6-7-14(19)18-11-4-2-3-5-12(11)20-15(16)17/h2-9,15H,1H3,(H,18,19)/b7-6+. The van der Waals surface area contributed by atoms with Gasteiger partial charge in [-0.2, -0.15) is 8.78 Å². The van der Waals surface area contributed by atoms with Gasteiger partial charge in [0.15, 0.2) is 0 Å². The maximum atomic E-state index is 12.3. The number of hydrogen-bond acceptors (Lipinski definition) is 3. The van der Waals surface area contributed by atoms with Crippen molar-refractivity contribution in [1.29, 1.82) is 0 Å². The van der Waals surface area contributed by atoms with Crippen molar-refractivity contribution >= 4 is 29.0 Å². The summed E-state index contributed by atoms with van der Waals surface area (Å²) >= 11 is 1.52. The Kier molecular flexibility index (Phi) is 5.05. The summed E-state index contributed by atoms with van der Waals surface area (Å²) in [5.41, 5.74) is 1.28. The second kappa shape index (κ2) is 6.99. The molecule has 1 aromatic heterocycles. The Morgan fingerprint density at radius 3 is 2.76 bits per heavy atom. The smallest absolute Gasteiger partial charge is 0.387 e. The first kappa shape index (κ1) is 15.2. The number of ether oxygens (including phenoxy) is 1. The first-order valence-electron chi connectivity index (χ1n) is 6.13. The molecule has 21 heavy (non-hydrogen) atoms. The molecule has 0 bridgehead atoms. The number of alkyl halides is 2. The summed E-state index contributed by atoms with van der Waals surface area (Å²) in [5, 5.41) is 4.45. The van der Waals surface area contributed by atoms with Gasteiger partial charge in [-0.1, -0.05) is 12.1 Å². The average molecular weight is 309 g/mol. The average Bonchev–Trinajstić information content (AvgIpc) is 2.84. The first-order valence-corrected chi connectivity index (χ1v) is 7.01. The predicted octanol–water partition coefficient (Wildman–Crippen LogP) is 4.31. The van der Waals surface area contributed by atoms with Crippen LogP contribution >= 0.6 is 11.3 Å². The van der Waals surface area contributed by atoms with Crippen molar-refractivity contribution in [2.24, 2.45) is 0 Å². The molecule has 0 fully saturated rings. The minimum absolute atomic E-state index is 0.0680. The van der Waals surface area contributed by atoms with E-state index in [-0.39, 0.29) is 11.4 Å². The van der Waals surface area contributed by atoms with Gasteiger partial charge >= 0.3 is 6.61 Å². The monoisotopic (exact) mass is 309 g/mol. The highest BCUT2D eigenvalue weighted by atomic mass is 32.1. The van der Waals surface area contributed by atoms with Gasteiger partial charge in [-0.05, 0) is 42.1 Å². The molecule has 0 saturated carbocycles. The normalized spacial score (nSPS) is 11.0. The van der Waals surface area contributed by atoms with Crippen LogP contribution in [0.3, 0.4) is 0 Å². The number of rotatable bonds is 5. The largest absolute Gasteiger partial charge is 0.433 e. The fourth-order valence-corrected chi connectivity index (χ4v) is 2.47. The third-order valence-electron chi connectivity index (χ3n) is 2.65. The number of thiophene rings is 1. The number of hydrogen-bond donors (Lipinski definition) is 1. The van der Waals surface area contributed by atoms with Crippen molar-refractivity contribution in [2.45, 2.75) is 13.5 Å². The minimum atomic E-state index is -2.94. The maximum Gasteiger partial charge on any atom is 0.387 e. The first-order chi connectivity index (χ1) is 10.1. The Hall–Kier alpha value is -2.21. The van der Waals surface area contributed by atoms with Crippen LogP contribution in [0.5, 0.6) is 5.75 Å². The minimum Gasteiger partial charge on any atom is -0.433 e. The van der Waals surface area contributed by atoms with Crippen LogP contribution in [0.15, 0.2) is 41.8 Å². The fraction of sp³-hybridized carbons (Fsp3) is 0.133. The highest BCUT2D eigenvalue weighted by molar-refractivity contribution is 7.11. The van der Waals surface area contributed by atoms with Gasteiger partial charge < -0.3 is 10.1 Å². The summed E-state index contributed by atoms with van der Waals surface area (Å²) in [4.78, 5) is 12.8. The molecule has 0 atom stereocenters. The van der Waals surface area contributed by atoms with Gasteiger partial charge in [0.1, 0.15) is 5.75 Å². The molecular weight excluding hydrogens is 296 g/mol. The second-order valence-corrected chi connectivity index (χ2v) is 5.11. The van der Waals surface area contributed by atoms with Crippen LogP contribution in [-0.4, -0.2) is 12.5 Å². The lowest BCUT2D eigenvalue weighted by molar-refractivity contribution is -0.111.